The van der Waals surface area contributed by atoms with E-state index < -0.39 is 0 Å². The standard InChI is InChI=1S/C26H26N2O2/c29-25-16-21(26-22-11-5-4-8-19(22)12-13-24(26)30-25)17-27-18-23(28-14-6-7-15-28)20-9-2-1-3-10-20/h1-5,8-13,16,23,27H,6-7,14-15,17-18H2/t23-/m0/s1. The van der Waals surface area contributed by atoms with Gasteiger partial charge in [-0.25, -0.2) is 4.79 Å². The molecule has 1 fully saturated rings. The second kappa shape index (κ2) is 8.42. The molecule has 152 valence electrons. The molecule has 0 radical (unpaired) electrons. The van der Waals surface area contributed by atoms with E-state index in [1.165, 1.54) is 18.4 Å². The van der Waals surface area contributed by atoms with Gasteiger partial charge in [0.25, 0.3) is 0 Å². The molecular weight excluding hydrogens is 372 g/mol. The van der Waals surface area contributed by atoms with Crippen LogP contribution in [-0.4, -0.2) is 24.5 Å². The predicted octanol–water partition coefficient (Wildman–Crippen LogP) is 4.87. The zero-order chi connectivity index (χ0) is 20.3. The van der Waals surface area contributed by atoms with Crippen molar-refractivity contribution in [3.63, 3.8) is 0 Å². The summed E-state index contributed by atoms with van der Waals surface area (Å²) in [6, 6.07) is 24.9. The minimum Gasteiger partial charge on any atom is -0.423 e. The van der Waals surface area contributed by atoms with Gasteiger partial charge in [-0.1, -0.05) is 60.7 Å². The van der Waals surface area contributed by atoms with Crippen molar-refractivity contribution >= 4 is 21.7 Å². The zero-order valence-corrected chi connectivity index (χ0v) is 17.0. The number of hydrogen-bond acceptors (Lipinski definition) is 4. The smallest absolute Gasteiger partial charge is 0.336 e. The van der Waals surface area contributed by atoms with E-state index in [9.17, 15) is 4.79 Å². The third-order valence-electron chi connectivity index (χ3n) is 6.13. The Morgan fingerprint density at radius 1 is 0.933 bits per heavy atom. The van der Waals surface area contributed by atoms with E-state index in [2.05, 4.69) is 52.7 Å². The molecule has 0 saturated carbocycles. The first-order chi connectivity index (χ1) is 14.8. The first-order valence-electron chi connectivity index (χ1n) is 10.7. The van der Waals surface area contributed by atoms with Crippen molar-refractivity contribution in [1.29, 1.82) is 0 Å². The van der Waals surface area contributed by atoms with Gasteiger partial charge in [-0.15, -0.1) is 0 Å². The van der Waals surface area contributed by atoms with Gasteiger partial charge in [0.1, 0.15) is 5.58 Å². The summed E-state index contributed by atoms with van der Waals surface area (Å²) in [7, 11) is 0. The maximum Gasteiger partial charge on any atom is 0.336 e. The number of likely N-dealkylation sites (tertiary alicyclic amines) is 1. The molecule has 4 aromatic rings. The molecule has 4 heteroatoms. The average molecular weight is 399 g/mol. The minimum atomic E-state index is -0.297. The van der Waals surface area contributed by atoms with E-state index in [0.29, 0.717) is 18.2 Å². The van der Waals surface area contributed by atoms with Gasteiger partial charge in [0.2, 0.25) is 0 Å². The highest BCUT2D eigenvalue weighted by Gasteiger charge is 2.23. The SMILES string of the molecule is O=c1cc(CNC[C@@H](c2ccccc2)N2CCCC2)c2c(ccc3ccccc32)o1. The quantitative estimate of drug-likeness (QED) is 0.372. The number of hydrogen-bond donors (Lipinski definition) is 1. The summed E-state index contributed by atoms with van der Waals surface area (Å²) in [5, 5.41) is 6.94. The molecule has 0 bridgehead atoms. The van der Waals surface area contributed by atoms with Gasteiger partial charge in [0.05, 0.1) is 0 Å². The molecule has 3 aromatic carbocycles. The van der Waals surface area contributed by atoms with Crippen LogP contribution in [0.2, 0.25) is 0 Å². The summed E-state index contributed by atoms with van der Waals surface area (Å²) < 4.78 is 5.50. The van der Waals surface area contributed by atoms with Crippen molar-refractivity contribution in [2.45, 2.75) is 25.4 Å². The Kier molecular flexibility index (Phi) is 5.35. The molecule has 1 aromatic heterocycles. The summed E-state index contributed by atoms with van der Waals surface area (Å²) in [5.74, 6) is 0. The van der Waals surface area contributed by atoms with E-state index in [1.54, 1.807) is 6.07 Å². The number of nitrogens with one attached hydrogen (secondary N) is 1. The number of benzene rings is 3. The molecule has 1 saturated heterocycles. The Morgan fingerprint density at radius 3 is 2.53 bits per heavy atom. The van der Waals surface area contributed by atoms with Gasteiger partial charge in [0, 0.05) is 30.6 Å². The lowest BCUT2D eigenvalue weighted by molar-refractivity contribution is 0.238. The molecule has 0 spiro atoms. The molecule has 0 aliphatic carbocycles. The molecule has 1 atom stereocenters. The van der Waals surface area contributed by atoms with Crippen LogP contribution in [0.1, 0.15) is 30.0 Å². The van der Waals surface area contributed by atoms with Crippen molar-refractivity contribution < 1.29 is 4.42 Å². The van der Waals surface area contributed by atoms with E-state index in [0.717, 1.165) is 41.4 Å². The van der Waals surface area contributed by atoms with Crippen LogP contribution in [0.15, 0.2) is 82.0 Å². The maximum absolute atomic E-state index is 12.2. The summed E-state index contributed by atoms with van der Waals surface area (Å²) >= 11 is 0. The molecule has 0 unspecified atom stereocenters. The van der Waals surface area contributed by atoms with Gasteiger partial charge >= 0.3 is 5.63 Å². The van der Waals surface area contributed by atoms with Crippen LogP contribution in [0.4, 0.5) is 0 Å². The summed E-state index contributed by atoms with van der Waals surface area (Å²) in [5.41, 5.74) is 2.69. The van der Waals surface area contributed by atoms with Crippen molar-refractivity contribution in [1.82, 2.24) is 10.2 Å². The van der Waals surface area contributed by atoms with Gasteiger partial charge < -0.3 is 9.73 Å². The third kappa shape index (κ3) is 3.76. The van der Waals surface area contributed by atoms with Gasteiger partial charge in [0.15, 0.2) is 0 Å². The lowest BCUT2D eigenvalue weighted by Crippen LogP contribution is -2.34. The molecule has 1 N–H and O–H groups in total. The van der Waals surface area contributed by atoms with Crippen LogP contribution in [-0.2, 0) is 6.54 Å². The van der Waals surface area contributed by atoms with Crippen LogP contribution >= 0.6 is 0 Å². The zero-order valence-electron chi connectivity index (χ0n) is 17.0. The Hall–Kier alpha value is -2.95. The van der Waals surface area contributed by atoms with E-state index >= 15 is 0 Å². The molecule has 5 rings (SSSR count). The average Bonchev–Trinajstić information content (AvgIpc) is 3.31. The second-order valence-electron chi connectivity index (χ2n) is 8.05. The Bertz CT molecular complexity index is 1210. The fourth-order valence-electron chi connectivity index (χ4n) is 4.69. The van der Waals surface area contributed by atoms with Crippen LogP contribution < -0.4 is 10.9 Å². The fraction of sp³-hybridized carbons (Fsp3) is 0.269. The first kappa shape index (κ1) is 19.0. The maximum atomic E-state index is 12.2. The van der Waals surface area contributed by atoms with E-state index in [1.807, 2.05) is 24.3 Å². The highest BCUT2D eigenvalue weighted by atomic mass is 16.4. The minimum absolute atomic E-state index is 0.297. The van der Waals surface area contributed by atoms with Crippen molar-refractivity contribution in [3.05, 3.63) is 94.3 Å². The summed E-state index contributed by atoms with van der Waals surface area (Å²) in [4.78, 5) is 14.7. The third-order valence-corrected chi connectivity index (χ3v) is 6.13. The first-order valence-corrected chi connectivity index (χ1v) is 10.7. The summed E-state index contributed by atoms with van der Waals surface area (Å²) in [6.07, 6.45) is 2.53. The molecular formula is C26H26N2O2. The number of nitrogens with zero attached hydrogens (tertiary/aromatic N) is 1. The highest BCUT2D eigenvalue weighted by Crippen LogP contribution is 2.28. The molecule has 0 amide bonds. The Morgan fingerprint density at radius 2 is 1.70 bits per heavy atom. The van der Waals surface area contributed by atoms with E-state index in [-0.39, 0.29) is 5.63 Å². The number of fused-ring (bicyclic) bond motifs is 3. The monoisotopic (exact) mass is 398 g/mol. The second-order valence-corrected chi connectivity index (χ2v) is 8.05. The van der Waals surface area contributed by atoms with Gasteiger partial charge in [-0.3, -0.25) is 4.90 Å². The largest absolute Gasteiger partial charge is 0.423 e. The topological polar surface area (TPSA) is 45.5 Å². The molecule has 30 heavy (non-hydrogen) atoms. The molecule has 1 aliphatic heterocycles. The van der Waals surface area contributed by atoms with Crippen molar-refractivity contribution in [2.75, 3.05) is 19.6 Å². The van der Waals surface area contributed by atoms with Gasteiger partial charge in [-0.05, 0) is 53.9 Å². The fourth-order valence-corrected chi connectivity index (χ4v) is 4.69. The van der Waals surface area contributed by atoms with Crippen LogP contribution in [0, 0.1) is 0 Å². The van der Waals surface area contributed by atoms with Gasteiger partial charge in [-0.2, -0.15) is 0 Å². The van der Waals surface area contributed by atoms with E-state index in [4.69, 9.17) is 4.42 Å². The normalized spacial score (nSPS) is 15.7. The molecule has 4 nitrogen and oxygen atoms in total. The highest BCUT2D eigenvalue weighted by molar-refractivity contribution is 6.07. The number of rotatable bonds is 6. The van der Waals surface area contributed by atoms with Crippen LogP contribution in [0.25, 0.3) is 21.7 Å². The Labute approximate surface area is 176 Å². The lowest BCUT2D eigenvalue weighted by Gasteiger charge is -2.28. The van der Waals surface area contributed by atoms with Crippen molar-refractivity contribution in [2.24, 2.45) is 0 Å². The summed E-state index contributed by atoms with van der Waals surface area (Å²) in [6.45, 7) is 3.76. The molecule has 1 aliphatic rings. The Balaban J connectivity index is 1.44. The molecule has 2 heterocycles. The lowest BCUT2D eigenvalue weighted by atomic mass is 10.0. The van der Waals surface area contributed by atoms with Crippen LogP contribution in [0.3, 0.4) is 0 Å². The van der Waals surface area contributed by atoms with Crippen LogP contribution in [0.5, 0.6) is 0 Å². The van der Waals surface area contributed by atoms with Crippen molar-refractivity contribution in [3.8, 4) is 0 Å². The predicted molar refractivity (Wildman–Crippen MR) is 122 cm³/mol.